The molecule has 4 nitrogen and oxygen atoms in total. The van der Waals surface area contributed by atoms with Gasteiger partial charge < -0.3 is 5.73 Å². The Labute approximate surface area is 101 Å². The third-order valence-electron chi connectivity index (χ3n) is 2.10. The van der Waals surface area contributed by atoms with E-state index in [1.54, 1.807) is 12.1 Å². The fourth-order valence-electron chi connectivity index (χ4n) is 1.34. The number of nitro groups is 1. The molecule has 1 atom stereocenters. The van der Waals surface area contributed by atoms with E-state index in [1.165, 1.54) is 12.1 Å². The number of halogens is 1. The Morgan fingerprint density at radius 1 is 1.50 bits per heavy atom. The van der Waals surface area contributed by atoms with Crippen molar-refractivity contribution in [3.63, 3.8) is 0 Å². The van der Waals surface area contributed by atoms with E-state index in [-0.39, 0.29) is 24.1 Å². The van der Waals surface area contributed by atoms with Crippen LogP contribution in [0.5, 0.6) is 0 Å². The predicted octanol–water partition coefficient (Wildman–Crippen LogP) is 2.98. The van der Waals surface area contributed by atoms with Gasteiger partial charge in [0.05, 0.1) is 4.92 Å². The van der Waals surface area contributed by atoms with Crippen LogP contribution in [-0.2, 0) is 0 Å². The molecule has 0 radical (unpaired) electrons. The Morgan fingerprint density at radius 3 is 2.38 bits per heavy atom. The van der Waals surface area contributed by atoms with Crippen molar-refractivity contribution in [2.24, 2.45) is 5.73 Å². The van der Waals surface area contributed by atoms with Crippen LogP contribution in [-0.4, -0.2) is 4.92 Å². The van der Waals surface area contributed by atoms with Crippen molar-refractivity contribution in [2.45, 2.75) is 19.4 Å². The molecule has 1 rings (SSSR count). The van der Waals surface area contributed by atoms with Gasteiger partial charge in [0.1, 0.15) is 0 Å². The van der Waals surface area contributed by atoms with Gasteiger partial charge in [0.2, 0.25) is 0 Å². The zero-order chi connectivity index (χ0) is 11.4. The summed E-state index contributed by atoms with van der Waals surface area (Å²) in [5, 5.41) is 10.4. The minimum Gasteiger partial charge on any atom is -0.324 e. The number of hydrogen-bond donors (Lipinski definition) is 1. The van der Waals surface area contributed by atoms with Crippen molar-refractivity contribution in [1.29, 1.82) is 0 Å². The first-order valence-electron chi connectivity index (χ1n) is 4.65. The monoisotopic (exact) mass is 242 g/mol. The highest BCUT2D eigenvalue weighted by molar-refractivity contribution is 5.85. The summed E-state index contributed by atoms with van der Waals surface area (Å²) in [7, 11) is 0. The van der Waals surface area contributed by atoms with Crippen LogP contribution in [0.3, 0.4) is 0 Å². The van der Waals surface area contributed by atoms with Crippen molar-refractivity contribution >= 4 is 18.1 Å². The van der Waals surface area contributed by atoms with Crippen molar-refractivity contribution in [3.8, 4) is 0 Å². The largest absolute Gasteiger partial charge is 0.324 e. The van der Waals surface area contributed by atoms with Crippen molar-refractivity contribution in [3.05, 3.63) is 52.1 Å². The highest BCUT2D eigenvalue weighted by atomic mass is 35.5. The van der Waals surface area contributed by atoms with Gasteiger partial charge in [0, 0.05) is 18.2 Å². The lowest BCUT2D eigenvalue weighted by molar-refractivity contribution is -0.384. The van der Waals surface area contributed by atoms with Crippen LogP contribution in [0.15, 0.2) is 36.4 Å². The molecular formula is C11H15ClN2O2. The smallest absolute Gasteiger partial charge is 0.269 e. The Balaban J connectivity index is 0.00000225. The number of rotatable bonds is 4. The number of hydrogen-bond acceptors (Lipinski definition) is 3. The van der Waals surface area contributed by atoms with Gasteiger partial charge in [-0.15, -0.1) is 19.0 Å². The normalized spacial score (nSPS) is 11.4. The quantitative estimate of drug-likeness (QED) is 0.501. The lowest BCUT2D eigenvalue weighted by Crippen LogP contribution is -2.10. The standard InChI is InChI=1S/C11H14N2O2.ClH/c1-8(2)7-11(12)9-3-5-10(6-4-9)13(14)15;/h3-6,11H,1,7,12H2,2H3;1H/t11-;/m0./s1. The zero-order valence-electron chi connectivity index (χ0n) is 9.05. The molecule has 16 heavy (non-hydrogen) atoms. The minimum absolute atomic E-state index is 0. The molecule has 2 N–H and O–H groups in total. The molecule has 1 aromatic rings. The second-order valence-corrected chi connectivity index (χ2v) is 3.62. The zero-order valence-corrected chi connectivity index (χ0v) is 9.87. The van der Waals surface area contributed by atoms with Crippen LogP contribution < -0.4 is 5.73 Å². The van der Waals surface area contributed by atoms with Crippen LogP contribution in [0.2, 0.25) is 0 Å². The predicted molar refractivity (Wildman–Crippen MR) is 66.7 cm³/mol. The molecule has 0 spiro atoms. The Bertz CT molecular complexity index is 376. The average molecular weight is 243 g/mol. The van der Waals surface area contributed by atoms with Crippen LogP contribution in [0.1, 0.15) is 24.9 Å². The molecule has 0 heterocycles. The Kier molecular flexibility index (Phi) is 5.71. The van der Waals surface area contributed by atoms with Gasteiger partial charge in [-0.1, -0.05) is 17.7 Å². The molecule has 88 valence electrons. The molecule has 0 aliphatic carbocycles. The first kappa shape index (κ1) is 14.6. The molecule has 5 heteroatoms. The van der Waals surface area contributed by atoms with E-state index in [2.05, 4.69) is 6.58 Å². The van der Waals surface area contributed by atoms with Crippen molar-refractivity contribution in [2.75, 3.05) is 0 Å². The summed E-state index contributed by atoms with van der Waals surface area (Å²) in [5.74, 6) is 0. The molecule has 0 amide bonds. The van der Waals surface area contributed by atoms with E-state index in [1.807, 2.05) is 6.92 Å². The first-order valence-corrected chi connectivity index (χ1v) is 4.65. The SMILES string of the molecule is C=C(C)C[C@H](N)c1ccc([N+](=O)[O-])cc1.Cl. The van der Waals surface area contributed by atoms with E-state index >= 15 is 0 Å². The topological polar surface area (TPSA) is 69.2 Å². The number of nitrogens with zero attached hydrogens (tertiary/aromatic N) is 1. The first-order chi connectivity index (χ1) is 7.00. The van der Waals surface area contributed by atoms with E-state index in [4.69, 9.17) is 5.73 Å². The van der Waals surface area contributed by atoms with Gasteiger partial charge >= 0.3 is 0 Å². The highest BCUT2D eigenvalue weighted by Crippen LogP contribution is 2.20. The van der Waals surface area contributed by atoms with Gasteiger partial charge in [0.25, 0.3) is 5.69 Å². The average Bonchev–Trinajstić information content (AvgIpc) is 2.17. The van der Waals surface area contributed by atoms with Crippen LogP contribution in [0.25, 0.3) is 0 Å². The van der Waals surface area contributed by atoms with Crippen LogP contribution in [0.4, 0.5) is 5.69 Å². The molecule has 0 aliphatic heterocycles. The molecule has 0 unspecified atom stereocenters. The summed E-state index contributed by atoms with van der Waals surface area (Å²) < 4.78 is 0. The lowest BCUT2D eigenvalue weighted by Gasteiger charge is -2.11. The second kappa shape index (κ2) is 6.25. The van der Waals surface area contributed by atoms with Gasteiger partial charge in [-0.05, 0) is 18.9 Å². The molecule has 0 aliphatic rings. The minimum atomic E-state index is -0.423. The van der Waals surface area contributed by atoms with E-state index in [0.29, 0.717) is 6.42 Å². The molecule has 1 aromatic carbocycles. The van der Waals surface area contributed by atoms with E-state index in [9.17, 15) is 10.1 Å². The van der Waals surface area contributed by atoms with Crippen LogP contribution in [0, 0.1) is 10.1 Å². The summed E-state index contributed by atoms with van der Waals surface area (Å²) in [6.45, 7) is 5.69. The molecule has 0 fully saturated rings. The summed E-state index contributed by atoms with van der Waals surface area (Å²) >= 11 is 0. The molecule has 0 saturated heterocycles. The molecular weight excluding hydrogens is 228 g/mol. The maximum absolute atomic E-state index is 10.4. The maximum Gasteiger partial charge on any atom is 0.269 e. The Hall–Kier alpha value is -1.39. The highest BCUT2D eigenvalue weighted by Gasteiger charge is 2.09. The second-order valence-electron chi connectivity index (χ2n) is 3.62. The van der Waals surface area contributed by atoms with Gasteiger partial charge in [-0.25, -0.2) is 0 Å². The lowest BCUT2D eigenvalue weighted by atomic mass is 10.0. The third kappa shape index (κ3) is 4.00. The van der Waals surface area contributed by atoms with Gasteiger partial charge in [-0.2, -0.15) is 0 Å². The summed E-state index contributed by atoms with van der Waals surface area (Å²) in [6, 6.07) is 6.17. The van der Waals surface area contributed by atoms with E-state index in [0.717, 1.165) is 11.1 Å². The van der Waals surface area contributed by atoms with Crippen molar-refractivity contribution in [1.82, 2.24) is 0 Å². The summed E-state index contributed by atoms with van der Waals surface area (Å²) in [6.07, 6.45) is 0.692. The summed E-state index contributed by atoms with van der Waals surface area (Å²) in [5.41, 5.74) is 7.87. The van der Waals surface area contributed by atoms with Crippen LogP contribution >= 0.6 is 12.4 Å². The van der Waals surface area contributed by atoms with Crippen molar-refractivity contribution < 1.29 is 4.92 Å². The number of non-ortho nitro benzene ring substituents is 1. The Morgan fingerprint density at radius 2 is 2.00 bits per heavy atom. The fourth-order valence-corrected chi connectivity index (χ4v) is 1.34. The fraction of sp³-hybridized carbons (Fsp3) is 0.273. The summed E-state index contributed by atoms with van der Waals surface area (Å²) in [4.78, 5) is 10.00. The molecule has 0 bridgehead atoms. The van der Waals surface area contributed by atoms with Gasteiger partial charge in [0.15, 0.2) is 0 Å². The number of nitrogens with two attached hydrogens (primary N) is 1. The van der Waals surface area contributed by atoms with Gasteiger partial charge in [-0.3, -0.25) is 10.1 Å². The number of nitro benzene ring substituents is 1. The molecule has 0 saturated carbocycles. The third-order valence-corrected chi connectivity index (χ3v) is 2.10. The van der Waals surface area contributed by atoms with E-state index < -0.39 is 4.92 Å². The molecule has 0 aromatic heterocycles. The number of benzene rings is 1. The maximum atomic E-state index is 10.4.